The smallest absolute Gasteiger partial charge is 0.244 e. The van der Waals surface area contributed by atoms with E-state index in [-0.39, 0.29) is 18.6 Å². The summed E-state index contributed by atoms with van der Waals surface area (Å²) in [6.07, 6.45) is 2.83. The van der Waals surface area contributed by atoms with Crippen molar-refractivity contribution in [3.8, 4) is 0 Å². The van der Waals surface area contributed by atoms with Crippen LogP contribution in [0, 0.1) is 0 Å². The molecule has 2 aromatic rings. The van der Waals surface area contributed by atoms with E-state index in [1.165, 1.54) is 12.2 Å². The van der Waals surface area contributed by atoms with Crippen LogP contribution in [-0.2, 0) is 4.79 Å². The van der Waals surface area contributed by atoms with Gasteiger partial charge in [0.1, 0.15) is 5.52 Å². The summed E-state index contributed by atoms with van der Waals surface area (Å²) in [6, 6.07) is 7.10. The first-order valence-electron chi connectivity index (χ1n) is 5.64. The first-order chi connectivity index (χ1) is 8.69. The van der Waals surface area contributed by atoms with E-state index in [0.29, 0.717) is 11.5 Å². The molecule has 0 saturated carbocycles. The molecule has 1 aromatic carbocycles. The predicted octanol–water partition coefficient (Wildman–Crippen LogP) is 1.34. The average Bonchev–Trinajstić information content (AvgIpc) is 2.79. The number of hydrogen-bond donors (Lipinski definition) is 2. The SMILES string of the molecule is C[C@H](CO)NC(=O)C=Cc1nc2ccccc2o1. The number of fused-ring (bicyclic) bond motifs is 1. The number of carbonyl (C=O) groups is 1. The quantitative estimate of drug-likeness (QED) is 0.798. The minimum Gasteiger partial charge on any atom is -0.437 e. The van der Waals surface area contributed by atoms with Gasteiger partial charge in [0.15, 0.2) is 5.58 Å². The van der Waals surface area contributed by atoms with Gasteiger partial charge in [-0.2, -0.15) is 0 Å². The van der Waals surface area contributed by atoms with Crippen LogP contribution in [0.3, 0.4) is 0 Å². The topological polar surface area (TPSA) is 75.4 Å². The van der Waals surface area contributed by atoms with Crippen LogP contribution in [0.5, 0.6) is 0 Å². The Kier molecular flexibility index (Phi) is 3.74. The number of benzene rings is 1. The largest absolute Gasteiger partial charge is 0.437 e. The fourth-order valence-corrected chi connectivity index (χ4v) is 1.44. The maximum Gasteiger partial charge on any atom is 0.244 e. The maximum atomic E-state index is 11.4. The van der Waals surface area contributed by atoms with E-state index in [0.717, 1.165) is 5.52 Å². The van der Waals surface area contributed by atoms with Crippen LogP contribution >= 0.6 is 0 Å². The minimum absolute atomic E-state index is 0.0948. The van der Waals surface area contributed by atoms with Crippen LogP contribution in [0.4, 0.5) is 0 Å². The Labute approximate surface area is 104 Å². The molecule has 1 amide bonds. The molecule has 0 unspecified atom stereocenters. The van der Waals surface area contributed by atoms with Crippen molar-refractivity contribution in [2.45, 2.75) is 13.0 Å². The Balaban J connectivity index is 2.06. The van der Waals surface area contributed by atoms with Gasteiger partial charge in [-0.05, 0) is 19.1 Å². The molecular weight excluding hydrogens is 232 g/mol. The molecule has 0 aliphatic rings. The van der Waals surface area contributed by atoms with Crippen molar-refractivity contribution in [3.63, 3.8) is 0 Å². The summed E-state index contributed by atoms with van der Waals surface area (Å²) < 4.78 is 5.42. The molecule has 18 heavy (non-hydrogen) atoms. The van der Waals surface area contributed by atoms with Crippen LogP contribution < -0.4 is 5.32 Å². The summed E-state index contributed by atoms with van der Waals surface area (Å²) in [5, 5.41) is 11.4. The maximum absolute atomic E-state index is 11.4. The number of carbonyl (C=O) groups excluding carboxylic acids is 1. The molecule has 0 saturated heterocycles. The van der Waals surface area contributed by atoms with E-state index in [4.69, 9.17) is 9.52 Å². The molecule has 2 rings (SSSR count). The third-order valence-corrected chi connectivity index (χ3v) is 2.35. The normalized spacial score (nSPS) is 13.0. The Morgan fingerprint density at radius 3 is 3.06 bits per heavy atom. The van der Waals surface area contributed by atoms with Crippen molar-refractivity contribution in [2.24, 2.45) is 0 Å². The second kappa shape index (κ2) is 5.46. The Bertz CT molecular complexity index is 541. The van der Waals surface area contributed by atoms with Gasteiger partial charge >= 0.3 is 0 Å². The van der Waals surface area contributed by atoms with Gasteiger partial charge in [0, 0.05) is 18.2 Å². The standard InChI is InChI=1S/C13H14N2O3/c1-9(8-16)14-12(17)6-7-13-15-10-4-2-3-5-11(10)18-13/h2-7,9,16H,8H2,1H3,(H,14,17)/t9-/m1/s1. The van der Waals surface area contributed by atoms with Gasteiger partial charge in [-0.25, -0.2) is 4.98 Å². The molecule has 1 atom stereocenters. The average molecular weight is 246 g/mol. The number of para-hydroxylation sites is 2. The summed E-state index contributed by atoms with van der Waals surface area (Å²) in [6.45, 7) is 1.62. The number of nitrogens with zero attached hydrogens (tertiary/aromatic N) is 1. The highest BCUT2D eigenvalue weighted by Gasteiger charge is 2.04. The Morgan fingerprint density at radius 1 is 1.56 bits per heavy atom. The summed E-state index contributed by atoms with van der Waals surface area (Å²) in [7, 11) is 0. The number of hydrogen-bond acceptors (Lipinski definition) is 4. The Morgan fingerprint density at radius 2 is 2.33 bits per heavy atom. The second-order valence-corrected chi connectivity index (χ2v) is 3.95. The van der Waals surface area contributed by atoms with E-state index < -0.39 is 0 Å². The van der Waals surface area contributed by atoms with E-state index >= 15 is 0 Å². The molecule has 1 heterocycles. The molecule has 0 spiro atoms. The number of rotatable bonds is 4. The van der Waals surface area contributed by atoms with Gasteiger partial charge in [0.05, 0.1) is 6.61 Å². The number of aliphatic hydroxyl groups excluding tert-OH is 1. The summed E-state index contributed by atoms with van der Waals surface area (Å²) >= 11 is 0. The molecule has 2 N–H and O–H groups in total. The van der Waals surface area contributed by atoms with Crippen LogP contribution in [0.2, 0.25) is 0 Å². The highest BCUT2D eigenvalue weighted by molar-refractivity contribution is 5.91. The van der Waals surface area contributed by atoms with Crippen molar-refractivity contribution in [1.29, 1.82) is 0 Å². The molecule has 0 fully saturated rings. The highest BCUT2D eigenvalue weighted by Crippen LogP contribution is 2.15. The zero-order valence-corrected chi connectivity index (χ0v) is 9.96. The minimum atomic E-state index is -0.293. The zero-order valence-electron chi connectivity index (χ0n) is 9.96. The van der Waals surface area contributed by atoms with E-state index in [9.17, 15) is 4.79 Å². The van der Waals surface area contributed by atoms with Crippen molar-refractivity contribution in [3.05, 3.63) is 36.2 Å². The molecular formula is C13H14N2O3. The Hall–Kier alpha value is -2.14. The lowest BCUT2D eigenvalue weighted by Gasteiger charge is -2.07. The lowest BCUT2D eigenvalue weighted by atomic mass is 10.3. The fraction of sp³-hybridized carbons (Fsp3) is 0.231. The van der Waals surface area contributed by atoms with Gasteiger partial charge in [0.2, 0.25) is 11.8 Å². The highest BCUT2D eigenvalue weighted by atomic mass is 16.3. The number of aromatic nitrogens is 1. The van der Waals surface area contributed by atoms with Gasteiger partial charge in [0.25, 0.3) is 0 Å². The molecule has 0 aliphatic carbocycles. The zero-order chi connectivity index (χ0) is 13.0. The molecule has 0 radical (unpaired) electrons. The molecule has 5 heteroatoms. The summed E-state index contributed by atoms with van der Waals surface area (Å²) in [5.41, 5.74) is 1.43. The number of oxazole rings is 1. The van der Waals surface area contributed by atoms with Crippen molar-refractivity contribution < 1.29 is 14.3 Å². The van der Waals surface area contributed by atoms with Gasteiger partial charge in [-0.1, -0.05) is 12.1 Å². The second-order valence-electron chi connectivity index (χ2n) is 3.95. The molecule has 5 nitrogen and oxygen atoms in total. The molecule has 0 aliphatic heterocycles. The van der Waals surface area contributed by atoms with Crippen molar-refractivity contribution >= 4 is 23.1 Å². The van der Waals surface area contributed by atoms with Crippen LogP contribution in [0.15, 0.2) is 34.8 Å². The van der Waals surface area contributed by atoms with Gasteiger partial charge < -0.3 is 14.8 Å². The predicted molar refractivity (Wildman–Crippen MR) is 67.7 cm³/mol. The lowest BCUT2D eigenvalue weighted by Crippen LogP contribution is -2.33. The molecule has 1 aromatic heterocycles. The van der Waals surface area contributed by atoms with Crippen LogP contribution in [0.1, 0.15) is 12.8 Å². The van der Waals surface area contributed by atoms with E-state index in [1.54, 1.807) is 6.92 Å². The summed E-state index contributed by atoms with van der Waals surface area (Å²) in [4.78, 5) is 15.6. The van der Waals surface area contributed by atoms with Crippen molar-refractivity contribution in [2.75, 3.05) is 6.61 Å². The number of amides is 1. The fourth-order valence-electron chi connectivity index (χ4n) is 1.44. The monoisotopic (exact) mass is 246 g/mol. The number of nitrogens with one attached hydrogen (secondary N) is 1. The van der Waals surface area contributed by atoms with Crippen LogP contribution in [0.25, 0.3) is 17.2 Å². The number of aliphatic hydroxyl groups is 1. The molecule has 0 bridgehead atoms. The lowest BCUT2D eigenvalue weighted by molar-refractivity contribution is -0.117. The van der Waals surface area contributed by atoms with Gasteiger partial charge in [-0.3, -0.25) is 4.79 Å². The van der Waals surface area contributed by atoms with Crippen molar-refractivity contribution in [1.82, 2.24) is 10.3 Å². The summed E-state index contributed by atoms with van der Waals surface area (Å²) in [5.74, 6) is 0.0850. The molecule has 94 valence electrons. The first kappa shape index (κ1) is 12.3. The first-order valence-corrected chi connectivity index (χ1v) is 5.64. The third kappa shape index (κ3) is 2.95. The van der Waals surface area contributed by atoms with Gasteiger partial charge in [-0.15, -0.1) is 0 Å². The van der Waals surface area contributed by atoms with E-state index in [1.807, 2.05) is 24.3 Å². The van der Waals surface area contributed by atoms with Crippen LogP contribution in [-0.4, -0.2) is 28.6 Å². The van der Waals surface area contributed by atoms with E-state index in [2.05, 4.69) is 10.3 Å². The third-order valence-electron chi connectivity index (χ3n) is 2.35.